The molecule has 1 atom stereocenters. The van der Waals surface area contributed by atoms with Crippen molar-refractivity contribution < 1.29 is 4.39 Å². The highest BCUT2D eigenvalue weighted by atomic mass is 19.1. The first-order chi connectivity index (χ1) is 9.60. The summed E-state index contributed by atoms with van der Waals surface area (Å²) in [5.41, 5.74) is 3.03. The van der Waals surface area contributed by atoms with Crippen molar-refractivity contribution in [2.45, 2.75) is 32.7 Å². The SMILES string of the molecule is CCNC(CCc1cnn(C)c1)c1cc(C)ccc1F. The maximum absolute atomic E-state index is 14.0. The number of benzene rings is 1. The van der Waals surface area contributed by atoms with Gasteiger partial charge in [0.25, 0.3) is 0 Å². The van der Waals surface area contributed by atoms with E-state index >= 15 is 0 Å². The number of hydrogen-bond acceptors (Lipinski definition) is 2. The number of nitrogens with zero attached hydrogens (tertiary/aromatic N) is 2. The molecule has 0 aliphatic carbocycles. The Morgan fingerprint density at radius 1 is 1.40 bits per heavy atom. The Morgan fingerprint density at radius 2 is 2.20 bits per heavy atom. The van der Waals surface area contributed by atoms with E-state index in [2.05, 4.69) is 10.4 Å². The molecule has 0 saturated carbocycles. The highest BCUT2D eigenvalue weighted by Gasteiger charge is 2.15. The molecule has 0 radical (unpaired) electrons. The molecule has 108 valence electrons. The first-order valence-electron chi connectivity index (χ1n) is 7.07. The average Bonchev–Trinajstić information content (AvgIpc) is 2.83. The molecule has 1 unspecified atom stereocenters. The number of aromatic nitrogens is 2. The zero-order valence-corrected chi connectivity index (χ0v) is 12.4. The second-order valence-corrected chi connectivity index (χ2v) is 5.20. The Morgan fingerprint density at radius 3 is 2.85 bits per heavy atom. The number of aryl methyl sites for hydroxylation is 3. The van der Waals surface area contributed by atoms with E-state index in [0.717, 1.165) is 30.5 Å². The zero-order valence-electron chi connectivity index (χ0n) is 12.4. The lowest BCUT2D eigenvalue weighted by atomic mass is 9.98. The van der Waals surface area contributed by atoms with Crippen LogP contribution >= 0.6 is 0 Å². The standard InChI is InChI=1S/C16H22FN3/c1-4-18-16(8-6-13-10-19-20(3)11-13)14-9-12(2)5-7-15(14)17/h5,7,9-11,16,18H,4,6,8H2,1-3H3. The first kappa shape index (κ1) is 14.7. The van der Waals surface area contributed by atoms with Gasteiger partial charge in [-0.3, -0.25) is 4.68 Å². The molecule has 0 spiro atoms. The molecule has 4 heteroatoms. The summed E-state index contributed by atoms with van der Waals surface area (Å²) >= 11 is 0. The van der Waals surface area contributed by atoms with Crippen molar-refractivity contribution in [1.82, 2.24) is 15.1 Å². The maximum Gasteiger partial charge on any atom is 0.127 e. The van der Waals surface area contributed by atoms with Crippen molar-refractivity contribution in [3.8, 4) is 0 Å². The quantitative estimate of drug-likeness (QED) is 0.877. The predicted molar refractivity (Wildman–Crippen MR) is 79.1 cm³/mol. The predicted octanol–water partition coefficient (Wildman–Crippen LogP) is 3.15. The van der Waals surface area contributed by atoms with Gasteiger partial charge in [0.1, 0.15) is 5.82 Å². The lowest BCUT2D eigenvalue weighted by Crippen LogP contribution is -2.22. The van der Waals surface area contributed by atoms with Gasteiger partial charge >= 0.3 is 0 Å². The summed E-state index contributed by atoms with van der Waals surface area (Å²) in [4.78, 5) is 0. The third kappa shape index (κ3) is 3.67. The van der Waals surface area contributed by atoms with Crippen LogP contribution in [-0.2, 0) is 13.5 Å². The van der Waals surface area contributed by atoms with Crippen LogP contribution in [0.25, 0.3) is 0 Å². The van der Waals surface area contributed by atoms with E-state index in [1.54, 1.807) is 10.7 Å². The fraction of sp³-hybridized carbons (Fsp3) is 0.438. The van der Waals surface area contributed by atoms with E-state index in [-0.39, 0.29) is 11.9 Å². The molecule has 3 nitrogen and oxygen atoms in total. The van der Waals surface area contributed by atoms with Crippen LogP contribution < -0.4 is 5.32 Å². The fourth-order valence-corrected chi connectivity index (χ4v) is 2.46. The van der Waals surface area contributed by atoms with E-state index < -0.39 is 0 Å². The van der Waals surface area contributed by atoms with Gasteiger partial charge in [0, 0.05) is 24.8 Å². The average molecular weight is 275 g/mol. The van der Waals surface area contributed by atoms with Crippen LogP contribution in [0.4, 0.5) is 4.39 Å². The van der Waals surface area contributed by atoms with Gasteiger partial charge in [-0.25, -0.2) is 4.39 Å². The summed E-state index contributed by atoms with van der Waals surface area (Å²) in [5, 5.41) is 7.54. The van der Waals surface area contributed by atoms with Crippen LogP contribution in [0.1, 0.15) is 36.1 Å². The largest absolute Gasteiger partial charge is 0.310 e. The molecular formula is C16H22FN3. The number of halogens is 1. The second-order valence-electron chi connectivity index (χ2n) is 5.20. The molecule has 1 heterocycles. The summed E-state index contributed by atoms with van der Waals surface area (Å²) in [5.74, 6) is -0.132. The van der Waals surface area contributed by atoms with Gasteiger partial charge < -0.3 is 5.32 Å². The van der Waals surface area contributed by atoms with Crippen LogP contribution in [0.15, 0.2) is 30.6 Å². The summed E-state index contributed by atoms with van der Waals surface area (Å²) in [6.07, 6.45) is 5.63. The second kappa shape index (κ2) is 6.66. The normalized spacial score (nSPS) is 12.6. The smallest absolute Gasteiger partial charge is 0.127 e. The van der Waals surface area contributed by atoms with Crippen molar-refractivity contribution >= 4 is 0 Å². The van der Waals surface area contributed by atoms with Crippen LogP contribution in [0.5, 0.6) is 0 Å². The number of nitrogens with one attached hydrogen (secondary N) is 1. The maximum atomic E-state index is 14.0. The zero-order chi connectivity index (χ0) is 14.5. The van der Waals surface area contributed by atoms with E-state index in [4.69, 9.17) is 0 Å². The minimum absolute atomic E-state index is 0.0418. The molecule has 0 fully saturated rings. The van der Waals surface area contributed by atoms with Crippen molar-refractivity contribution in [1.29, 1.82) is 0 Å². The molecular weight excluding hydrogens is 253 g/mol. The van der Waals surface area contributed by atoms with Crippen molar-refractivity contribution in [3.63, 3.8) is 0 Å². The molecule has 2 aromatic rings. The van der Waals surface area contributed by atoms with Crippen LogP contribution in [-0.4, -0.2) is 16.3 Å². The van der Waals surface area contributed by atoms with Gasteiger partial charge in [-0.05, 0) is 37.9 Å². The Bertz CT molecular complexity index is 563. The molecule has 1 N–H and O–H groups in total. The first-order valence-corrected chi connectivity index (χ1v) is 7.07. The molecule has 20 heavy (non-hydrogen) atoms. The minimum Gasteiger partial charge on any atom is -0.310 e. The topological polar surface area (TPSA) is 29.9 Å². The van der Waals surface area contributed by atoms with E-state index in [1.165, 1.54) is 5.56 Å². The summed E-state index contributed by atoms with van der Waals surface area (Å²) in [7, 11) is 1.91. The summed E-state index contributed by atoms with van der Waals surface area (Å²) in [6.45, 7) is 4.86. The van der Waals surface area contributed by atoms with Crippen LogP contribution in [0, 0.1) is 12.7 Å². The van der Waals surface area contributed by atoms with Gasteiger partial charge in [0.15, 0.2) is 0 Å². The van der Waals surface area contributed by atoms with Crippen molar-refractivity contribution in [2.24, 2.45) is 7.05 Å². The van der Waals surface area contributed by atoms with Gasteiger partial charge in [-0.1, -0.05) is 24.6 Å². The molecule has 0 bridgehead atoms. The monoisotopic (exact) mass is 275 g/mol. The lowest BCUT2D eigenvalue weighted by molar-refractivity contribution is 0.485. The third-order valence-corrected chi connectivity index (χ3v) is 3.46. The molecule has 0 aliphatic rings. The van der Waals surface area contributed by atoms with E-state index in [9.17, 15) is 4.39 Å². The molecule has 0 aliphatic heterocycles. The fourth-order valence-electron chi connectivity index (χ4n) is 2.46. The van der Waals surface area contributed by atoms with Gasteiger partial charge in [-0.2, -0.15) is 5.10 Å². The minimum atomic E-state index is -0.132. The Labute approximate surface area is 119 Å². The van der Waals surface area contributed by atoms with Gasteiger partial charge in [0.2, 0.25) is 0 Å². The molecule has 1 aromatic carbocycles. The Kier molecular flexibility index (Phi) is 4.90. The van der Waals surface area contributed by atoms with Gasteiger partial charge in [-0.15, -0.1) is 0 Å². The Hall–Kier alpha value is -1.68. The highest BCUT2D eigenvalue weighted by Crippen LogP contribution is 2.23. The third-order valence-electron chi connectivity index (χ3n) is 3.46. The molecule has 0 amide bonds. The van der Waals surface area contributed by atoms with E-state index in [0.29, 0.717) is 0 Å². The molecule has 0 saturated heterocycles. The van der Waals surface area contributed by atoms with Crippen LogP contribution in [0.3, 0.4) is 0 Å². The summed E-state index contributed by atoms with van der Waals surface area (Å²) in [6, 6.07) is 5.34. The molecule has 1 aromatic heterocycles. The molecule has 2 rings (SSSR count). The van der Waals surface area contributed by atoms with Crippen LogP contribution in [0.2, 0.25) is 0 Å². The van der Waals surface area contributed by atoms with Crippen molar-refractivity contribution in [3.05, 3.63) is 53.1 Å². The summed E-state index contributed by atoms with van der Waals surface area (Å²) < 4.78 is 15.8. The van der Waals surface area contributed by atoms with Crippen molar-refractivity contribution in [2.75, 3.05) is 6.54 Å². The number of hydrogen-bond donors (Lipinski definition) is 1. The van der Waals surface area contributed by atoms with Gasteiger partial charge in [0.05, 0.1) is 6.20 Å². The lowest BCUT2D eigenvalue weighted by Gasteiger charge is -2.19. The number of rotatable bonds is 6. The van der Waals surface area contributed by atoms with E-state index in [1.807, 2.05) is 45.4 Å². The highest BCUT2D eigenvalue weighted by molar-refractivity contribution is 5.27. The Balaban J connectivity index is 2.11.